The normalized spacial score (nSPS) is 10.9. The van der Waals surface area contributed by atoms with Crippen LogP contribution in [0.1, 0.15) is 6.92 Å². The van der Waals surface area contributed by atoms with Gasteiger partial charge in [-0.1, -0.05) is 5.10 Å². The Kier molecular flexibility index (Phi) is 2.98. The average Bonchev–Trinajstić information content (AvgIpc) is 2.81. The Morgan fingerprint density at radius 3 is 2.85 bits per heavy atom. The maximum absolute atomic E-state index is 12.5. The molecular weight excluding hydrogens is 258 g/mol. The Labute approximate surface area is 114 Å². The maximum Gasteiger partial charge on any atom is 0.321 e. The third-order valence-corrected chi connectivity index (χ3v) is 3.05. The van der Waals surface area contributed by atoms with E-state index >= 15 is 0 Å². The SMILES string of the molecule is CCOc1nnc2c(=O)c3ccc(OC)cc3ccn12. The molecule has 6 heteroatoms. The number of rotatable bonds is 3. The zero-order chi connectivity index (χ0) is 14.1. The van der Waals surface area contributed by atoms with E-state index in [1.807, 2.05) is 19.1 Å². The van der Waals surface area contributed by atoms with Crippen LogP contribution in [0.3, 0.4) is 0 Å². The van der Waals surface area contributed by atoms with E-state index in [9.17, 15) is 4.79 Å². The lowest BCUT2D eigenvalue weighted by molar-refractivity contribution is 0.309. The van der Waals surface area contributed by atoms with Gasteiger partial charge in [0, 0.05) is 11.6 Å². The lowest BCUT2D eigenvalue weighted by Crippen LogP contribution is -2.02. The van der Waals surface area contributed by atoms with Crippen LogP contribution in [-0.4, -0.2) is 28.3 Å². The topological polar surface area (TPSA) is 65.7 Å². The minimum absolute atomic E-state index is 0.189. The Balaban J connectivity index is 2.39. The molecule has 6 nitrogen and oxygen atoms in total. The molecule has 0 aliphatic heterocycles. The monoisotopic (exact) mass is 271 g/mol. The van der Waals surface area contributed by atoms with Crippen molar-refractivity contribution in [3.05, 3.63) is 40.7 Å². The number of aromatic nitrogens is 3. The van der Waals surface area contributed by atoms with Gasteiger partial charge in [0.05, 0.1) is 13.7 Å². The number of methoxy groups -OCH3 is 1. The number of ether oxygens (including phenoxy) is 2. The van der Waals surface area contributed by atoms with Gasteiger partial charge in [-0.2, -0.15) is 0 Å². The molecule has 0 N–H and O–H groups in total. The molecule has 1 aromatic carbocycles. The predicted octanol–water partition coefficient (Wildman–Crippen LogP) is 1.65. The molecule has 0 amide bonds. The van der Waals surface area contributed by atoms with Gasteiger partial charge in [0.2, 0.25) is 11.1 Å². The van der Waals surface area contributed by atoms with Crippen LogP contribution in [0.5, 0.6) is 11.8 Å². The average molecular weight is 271 g/mol. The fourth-order valence-corrected chi connectivity index (χ4v) is 2.08. The molecule has 0 spiro atoms. The van der Waals surface area contributed by atoms with Crippen LogP contribution < -0.4 is 14.9 Å². The lowest BCUT2D eigenvalue weighted by atomic mass is 10.2. The fraction of sp³-hybridized carbons (Fsp3) is 0.214. The second-order valence-electron chi connectivity index (χ2n) is 4.21. The Morgan fingerprint density at radius 2 is 2.10 bits per heavy atom. The van der Waals surface area contributed by atoms with Crippen LogP contribution in [0.25, 0.3) is 16.4 Å². The van der Waals surface area contributed by atoms with Gasteiger partial charge in [0.1, 0.15) is 5.75 Å². The van der Waals surface area contributed by atoms with Gasteiger partial charge in [-0.05, 0) is 36.6 Å². The highest BCUT2D eigenvalue weighted by molar-refractivity contribution is 5.85. The van der Waals surface area contributed by atoms with Crippen molar-refractivity contribution >= 4 is 16.4 Å². The molecule has 0 aliphatic carbocycles. The zero-order valence-electron chi connectivity index (χ0n) is 11.2. The predicted molar refractivity (Wildman–Crippen MR) is 74.5 cm³/mol. The summed E-state index contributed by atoms with van der Waals surface area (Å²) in [6, 6.07) is 7.42. The fourth-order valence-electron chi connectivity index (χ4n) is 2.08. The molecule has 0 atom stereocenters. The second kappa shape index (κ2) is 4.80. The van der Waals surface area contributed by atoms with Crippen LogP contribution in [-0.2, 0) is 0 Å². The van der Waals surface area contributed by atoms with Crippen molar-refractivity contribution in [1.82, 2.24) is 14.6 Å². The number of nitrogens with zero attached hydrogens (tertiary/aromatic N) is 3. The largest absolute Gasteiger partial charge is 0.497 e. The van der Waals surface area contributed by atoms with Crippen LogP contribution in [0.4, 0.5) is 0 Å². The molecule has 0 saturated heterocycles. The molecule has 0 radical (unpaired) electrons. The molecule has 0 aliphatic rings. The molecule has 0 saturated carbocycles. The summed E-state index contributed by atoms with van der Waals surface area (Å²) in [5, 5.41) is 9.14. The molecule has 0 fully saturated rings. The van der Waals surface area contributed by atoms with Crippen molar-refractivity contribution in [2.24, 2.45) is 0 Å². The quantitative estimate of drug-likeness (QED) is 0.724. The molecule has 3 aromatic rings. The van der Waals surface area contributed by atoms with Crippen LogP contribution in [0, 0.1) is 0 Å². The minimum Gasteiger partial charge on any atom is -0.497 e. The molecule has 0 bridgehead atoms. The van der Waals surface area contributed by atoms with Crippen molar-refractivity contribution in [3.63, 3.8) is 0 Å². The molecule has 20 heavy (non-hydrogen) atoms. The van der Waals surface area contributed by atoms with Gasteiger partial charge in [-0.15, -0.1) is 5.10 Å². The Bertz CT molecular complexity index is 842. The summed E-state index contributed by atoms with van der Waals surface area (Å²) < 4.78 is 12.1. The summed E-state index contributed by atoms with van der Waals surface area (Å²) >= 11 is 0. The number of benzene rings is 1. The number of hydrogen-bond acceptors (Lipinski definition) is 5. The number of hydrogen-bond donors (Lipinski definition) is 0. The van der Waals surface area contributed by atoms with Gasteiger partial charge >= 0.3 is 6.01 Å². The van der Waals surface area contributed by atoms with E-state index in [-0.39, 0.29) is 11.1 Å². The van der Waals surface area contributed by atoms with E-state index in [2.05, 4.69) is 10.2 Å². The van der Waals surface area contributed by atoms with Gasteiger partial charge in [0.15, 0.2) is 0 Å². The van der Waals surface area contributed by atoms with Gasteiger partial charge in [-0.3, -0.25) is 4.79 Å². The Morgan fingerprint density at radius 1 is 1.25 bits per heavy atom. The molecule has 0 unspecified atom stereocenters. The first-order valence-corrected chi connectivity index (χ1v) is 6.23. The van der Waals surface area contributed by atoms with E-state index in [1.165, 1.54) is 0 Å². The van der Waals surface area contributed by atoms with Crippen molar-refractivity contribution < 1.29 is 9.47 Å². The highest BCUT2D eigenvalue weighted by Crippen LogP contribution is 2.19. The van der Waals surface area contributed by atoms with Crippen LogP contribution in [0.15, 0.2) is 35.3 Å². The van der Waals surface area contributed by atoms with E-state index < -0.39 is 0 Å². The molecule has 2 heterocycles. The van der Waals surface area contributed by atoms with E-state index in [0.29, 0.717) is 23.8 Å². The summed E-state index contributed by atoms with van der Waals surface area (Å²) in [4.78, 5) is 12.5. The summed E-state index contributed by atoms with van der Waals surface area (Å²) in [7, 11) is 1.59. The third kappa shape index (κ3) is 1.85. The smallest absolute Gasteiger partial charge is 0.321 e. The first-order chi connectivity index (χ1) is 9.74. The van der Waals surface area contributed by atoms with Gasteiger partial charge in [-0.25, -0.2) is 4.40 Å². The van der Waals surface area contributed by atoms with Crippen molar-refractivity contribution in [3.8, 4) is 11.8 Å². The van der Waals surface area contributed by atoms with Crippen molar-refractivity contribution in [1.29, 1.82) is 0 Å². The van der Waals surface area contributed by atoms with Crippen LogP contribution in [0.2, 0.25) is 0 Å². The summed E-state index contributed by atoms with van der Waals surface area (Å²) in [5.41, 5.74) is 0.0553. The Hall–Kier alpha value is -2.63. The second-order valence-corrected chi connectivity index (χ2v) is 4.21. The lowest BCUT2D eigenvalue weighted by Gasteiger charge is -1.98. The van der Waals surface area contributed by atoms with Gasteiger partial charge in [0.25, 0.3) is 0 Å². The van der Waals surface area contributed by atoms with Gasteiger partial charge < -0.3 is 9.47 Å². The van der Waals surface area contributed by atoms with Crippen LogP contribution >= 0.6 is 0 Å². The third-order valence-electron chi connectivity index (χ3n) is 3.05. The molecule has 2 aromatic heterocycles. The molecule has 3 rings (SSSR count). The minimum atomic E-state index is -0.189. The number of fused-ring (bicyclic) bond motifs is 2. The first-order valence-electron chi connectivity index (χ1n) is 6.23. The first kappa shape index (κ1) is 12.4. The maximum atomic E-state index is 12.5. The van der Waals surface area contributed by atoms with E-state index in [0.717, 1.165) is 5.39 Å². The summed E-state index contributed by atoms with van der Waals surface area (Å²) in [5.74, 6) is 0.698. The van der Waals surface area contributed by atoms with Crippen molar-refractivity contribution in [2.75, 3.05) is 13.7 Å². The van der Waals surface area contributed by atoms with E-state index in [4.69, 9.17) is 9.47 Å². The van der Waals surface area contributed by atoms with Crippen molar-refractivity contribution in [2.45, 2.75) is 6.92 Å². The summed E-state index contributed by atoms with van der Waals surface area (Å²) in [6.07, 6.45) is 1.73. The molecule has 102 valence electrons. The standard InChI is InChI=1S/C14H13N3O3/c1-3-20-14-16-15-13-12(18)11-5-4-10(19-2)8-9(11)6-7-17(13)14/h4-8H,3H2,1-2H3. The zero-order valence-corrected chi connectivity index (χ0v) is 11.2. The molecular formula is C14H13N3O3. The highest BCUT2D eigenvalue weighted by atomic mass is 16.5. The van der Waals surface area contributed by atoms with E-state index in [1.54, 1.807) is 29.8 Å². The highest BCUT2D eigenvalue weighted by Gasteiger charge is 2.10. The summed E-state index contributed by atoms with van der Waals surface area (Å²) in [6.45, 7) is 2.31.